The van der Waals surface area contributed by atoms with Gasteiger partial charge in [-0.15, -0.1) is 0 Å². The lowest BCUT2D eigenvalue weighted by molar-refractivity contribution is -0.143. The minimum atomic E-state index is -0.183. The Bertz CT molecular complexity index is 420. The highest BCUT2D eigenvalue weighted by Crippen LogP contribution is 2.12. The van der Waals surface area contributed by atoms with Gasteiger partial charge in [0.2, 0.25) is 0 Å². The maximum atomic E-state index is 11.1. The van der Waals surface area contributed by atoms with Crippen molar-refractivity contribution in [3.8, 4) is 6.07 Å². The molecule has 0 aliphatic rings. The topological polar surface area (TPSA) is 62.1 Å². The van der Waals surface area contributed by atoms with Crippen molar-refractivity contribution in [3.63, 3.8) is 0 Å². The molecular formula is C14H18N2O2. The number of rotatable bonds is 6. The predicted molar refractivity (Wildman–Crippen MR) is 68.8 cm³/mol. The first-order chi connectivity index (χ1) is 8.67. The zero-order valence-electron chi connectivity index (χ0n) is 10.8. The average molecular weight is 246 g/mol. The van der Waals surface area contributed by atoms with Crippen molar-refractivity contribution in [2.45, 2.75) is 26.3 Å². The number of esters is 1. The summed E-state index contributed by atoms with van der Waals surface area (Å²) < 4.78 is 4.84. The van der Waals surface area contributed by atoms with Gasteiger partial charge in [0, 0.05) is 12.6 Å². The molecule has 4 nitrogen and oxygen atoms in total. The molecular weight excluding hydrogens is 228 g/mol. The molecule has 0 heterocycles. The van der Waals surface area contributed by atoms with Crippen molar-refractivity contribution in [2.75, 3.05) is 13.2 Å². The highest BCUT2D eigenvalue weighted by molar-refractivity contribution is 5.69. The Labute approximate surface area is 108 Å². The molecule has 1 aromatic rings. The Morgan fingerprint density at radius 1 is 1.44 bits per heavy atom. The molecule has 0 saturated heterocycles. The van der Waals surface area contributed by atoms with Gasteiger partial charge in [0.15, 0.2) is 0 Å². The minimum absolute atomic E-state index is 0.146. The van der Waals surface area contributed by atoms with Gasteiger partial charge in [0.05, 0.1) is 24.7 Å². The van der Waals surface area contributed by atoms with Gasteiger partial charge in [-0.05, 0) is 31.5 Å². The Balaban J connectivity index is 2.38. The highest BCUT2D eigenvalue weighted by Gasteiger charge is 2.06. The van der Waals surface area contributed by atoms with E-state index in [2.05, 4.69) is 11.4 Å². The Morgan fingerprint density at radius 2 is 2.11 bits per heavy atom. The molecule has 0 fully saturated rings. The van der Waals surface area contributed by atoms with Crippen LogP contribution < -0.4 is 5.32 Å². The molecule has 1 rings (SSSR count). The molecule has 0 spiro atoms. The van der Waals surface area contributed by atoms with Crippen LogP contribution in [0.3, 0.4) is 0 Å². The van der Waals surface area contributed by atoms with Gasteiger partial charge in [0.25, 0.3) is 0 Å². The molecule has 0 aromatic heterocycles. The van der Waals surface area contributed by atoms with E-state index < -0.39 is 0 Å². The largest absolute Gasteiger partial charge is 0.466 e. The number of carbonyl (C=O) groups excluding carboxylic acids is 1. The van der Waals surface area contributed by atoms with Crippen LogP contribution in [0.25, 0.3) is 0 Å². The van der Waals surface area contributed by atoms with E-state index in [1.165, 1.54) is 0 Å². The van der Waals surface area contributed by atoms with Crippen LogP contribution >= 0.6 is 0 Å². The van der Waals surface area contributed by atoms with Crippen molar-refractivity contribution in [3.05, 3.63) is 35.4 Å². The number of carbonyl (C=O) groups is 1. The number of benzene rings is 1. The van der Waals surface area contributed by atoms with Crippen LogP contribution in [-0.4, -0.2) is 19.1 Å². The Hall–Kier alpha value is -1.86. The summed E-state index contributed by atoms with van der Waals surface area (Å²) in [6.07, 6.45) is 0.370. The van der Waals surface area contributed by atoms with Crippen molar-refractivity contribution >= 4 is 5.97 Å². The lowest BCUT2D eigenvalue weighted by Gasteiger charge is -2.13. The van der Waals surface area contributed by atoms with E-state index in [-0.39, 0.29) is 12.0 Å². The summed E-state index contributed by atoms with van der Waals surface area (Å²) in [5.41, 5.74) is 1.75. The third kappa shape index (κ3) is 4.56. The minimum Gasteiger partial charge on any atom is -0.466 e. The molecule has 4 heteroatoms. The fourth-order valence-corrected chi connectivity index (χ4v) is 1.59. The normalized spacial score (nSPS) is 11.6. The summed E-state index contributed by atoms with van der Waals surface area (Å²) in [4.78, 5) is 11.1. The number of nitriles is 1. The Morgan fingerprint density at radius 3 is 2.67 bits per heavy atom. The monoisotopic (exact) mass is 246 g/mol. The molecule has 0 saturated carbocycles. The van der Waals surface area contributed by atoms with Crippen molar-refractivity contribution in [1.82, 2.24) is 5.32 Å². The maximum Gasteiger partial charge on any atom is 0.307 e. The summed E-state index contributed by atoms with van der Waals surface area (Å²) >= 11 is 0. The van der Waals surface area contributed by atoms with Gasteiger partial charge >= 0.3 is 5.97 Å². The molecule has 1 atom stereocenters. The number of ether oxygens (including phenoxy) is 1. The molecule has 0 bridgehead atoms. The van der Waals surface area contributed by atoms with Gasteiger partial charge in [-0.2, -0.15) is 5.26 Å². The van der Waals surface area contributed by atoms with E-state index >= 15 is 0 Å². The molecule has 1 unspecified atom stereocenters. The molecule has 1 aromatic carbocycles. The van der Waals surface area contributed by atoms with E-state index in [4.69, 9.17) is 10.00 Å². The number of hydrogen-bond donors (Lipinski definition) is 1. The third-order valence-corrected chi connectivity index (χ3v) is 2.62. The van der Waals surface area contributed by atoms with Crippen LogP contribution in [0.2, 0.25) is 0 Å². The molecule has 0 aliphatic heterocycles. The van der Waals surface area contributed by atoms with Gasteiger partial charge in [-0.1, -0.05) is 12.1 Å². The lowest BCUT2D eigenvalue weighted by Crippen LogP contribution is -2.22. The molecule has 96 valence electrons. The van der Waals surface area contributed by atoms with Crippen molar-refractivity contribution in [2.24, 2.45) is 0 Å². The molecule has 0 aliphatic carbocycles. The SMILES string of the molecule is CCOC(=O)CCNC(C)c1ccc(C#N)cc1. The molecule has 18 heavy (non-hydrogen) atoms. The maximum absolute atomic E-state index is 11.1. The highest BCUT2D eigenvalue weighted by atomic mass is 16.5. The average Bonchev–Trinajstić information content (AvgIpc) is 2.39. The summed E-state index contributed by atoms with van der Waals surface area (Å²) in [5, 5.41) is 11.9. The van der Waals surface area contributed by atoms with Gasteiger partial charge in [-0.3, -0.25) is 4.79 Å². The molecule has 0 radical (unpaired) electrons. The summed E-state index contributed by atoms with van der Waals surface area (Å²) in [6, 6.07) is 9.64. The van der Waals surface area contributed by atoms with Crippen LogP contribution in [0, 0.1) is 11.3 Å². The fraction of sp³-hybridized carbons (Fsp3) is 0.429. The van der Waals surface area contributed by atoms with Crippen LogP contribution in [0.15, 0.2) is 24.3 Å². The van der Waals surface area contributed by atoms with Crippen LogP contribution in [0.4, 0.5) is 0 Å². The van der Waals surface area contributed by atoms with E-state index in [1.807, 2.05) is 19.1 Å². The zero-order valence-corrected chi connectivity index (χ0v) is 10.8. The quantitative estimate of drug-likeness (QED) is 0.781. The second-order valence-corrected chi connectivity index (χ2v) is 3.96. The van der Waals surface area contributed by atoms with Crippen molar-refractivity contribution in [1.29, 1.82) is 5.26 Å². The Kier molecular flexibility index (Phi) is 5.89. The number of nitrogens with one attached hydrogen (secondary N) is 1. The second kappa shape index (κ2) is 7.46. The zero-order chi connectivity index (χ0) is 13.4. The molecule has 1 N–H and O–H groups in total. The van der Waals surface area contributed by atoms with Crippen LogP contribution in [-0.2, 0) is 9.53 Å². The summed E-state index contributed by atoms with van der Waals surface area (Å²) in [5.74, 6) is -0.183. The van der Waals surface area contributed by atoms with Crippen LogP contribution in [0.5, 0.6) is 0 Å². The fourth-order valence-electron chi connectivity index (χ4n) is 1.59. The summed E-state index contributed by atoms with van der Waals surface area (Å²) in [7, 11) is 0. The first kappa shape index (κ1) is 14.2. The predicted octanol–water partition coefficient (Wildman–Crippen LogP) is 2.16. The van der Waals surface area contributed by atoms with E-state index in [0.29, 0.717) is 25.1 Å². The van der Waals surface area contributed by atoms with Crippen molar-refractivity contribution < 1.29 is 9.53 Å². The molecule has 0 amide bonds. The standard InChI is InChI=1S/C14H18N2O2/c1-3-18-14(17)8-9-16-11(2)13-6-4-12(10-15)5-7-13/h4-7,11,16H,3,8-9H2,1-2H3. The summed E-state index contributed by atoms with van der Waals surface area (Å²) in [6.45, 7) is 4.82. The smallest absolute Gasteiger partial charge is 0.307 e. The van der Waals surface area contributed by atoms with Gasteiger partial charge in [0.1, 0.15) is 0 Å². The number of nitrogens with zero attached hydrogens (tertiary/aromatic N) is 1. The van der Waals surface area contributed by atoms with Crippen LogP contribution in [0.1, 0.15) is 37.4 Å². The van der Waals surface area contributed by atoms with E-state index in [0.717, 1.165) is 5.56 Å². The third-order valence-electron chi connectivity index (χ3n) is 2.62. The van der Waals surface area contributed by atoms with E-state index in [9.17, 15) is 4.79 Å². The van der Waals surface area contributed by atoms with E-state index in [1.54, 1.807) is 19.1 Å². The second-order valence-electron chi connectivity index (χ2n) is 3.96. The lowest BCUT2D eigenvalue weighted by atomic mass is 10.1. The first-order valence-corrected chi connectivity index (χ1v) is 6.06. The number of hydrogen-bond acceptors (Lipinski definition) is 4. The van der Waals surface area contributed by atoms with Gasteiger partial charge in [-0.25, -0.2) is 0 Å². The van der Waals surface area contributed by atoms with Gasteiger partial charge < -0.3 is 10.1 Å². The first-order valence-electron chi connectivity index (χ1n) is 6.06.